The number of ether oxygens (including phenoxy) is 2. The van der Waals surface area contributed by atoms with Gasteiger partial charge >= 0.3 is 6.61 Å². The van der Waals surface area contributed by atoms with Gasteiger partial charge in [0, 0.05) is 68.8 Å². The zero-order valence-electron chi connectivity index (χ0n) is 17.8. The number of morpholine rings is 1. The number of nitrogen functional groups attached to an aromatic ring is 1. The molecule has 0 aromatic carbocycles. The number of anilines is 2. The van der Waals surface area contributed by atoms with Gasteiger partial charge in [-0.25, -0.2) is 23.7 Å². The highest BCUT2D eigenvalue weighted by molar-refractivity contribution is 5.67. The summed E-state index contributed by atoms with van der Waals surface area (Å²) in [5.41, 5.74) is 6.43. The third-order valence-corrected chi connectivity index (χ3v) is 6.33. The van der Waals surface area contributed by atoms with Crippen molar-refractivity contribution in [3.8, 4) is 17.0 Å². The summed E-state index contributed by atoms with van der Waals surface area (Å²) in [6, 6.07) is 3.41. The zero-order chi connectivity index (χ0) is 23.2. The molecule has 0 spiro atoms. The molecule has 2 aromatic heterocycles. The monoisotopic (exact) mass is 468 g/mol. The van der Waals surface area contributed by atoms with E-state index in [2.05, 4.69) is 29.5 Å². The first-order chi connectivity index (χ1) is 15.8. The maximum absolute atomic E-state index is 13.5. The minimum atomic E-state index is -3.06. The molecule has 2 aliphatic heterocycles. The number of alkyl halides is 4. The fraction of sp³-hybridized carbons (Fsp3) is 0.571. The van der Waals surface area contributed by atoms with Crippen molar-refractivity contribution in [2.24, 2.45) is 0 Å². The molecular formula is C21H24F4N6O2. The number of hydrogen-bond acceptors (Lipinski definition) is 8. The van der Waals surface area contributed by atoms with Crippen molar-refractivity contribution in [2.45, 2.75) is 37.3 Å². The van der Waals surface area contributed by atoms with E-state index < -0.39 is 18.5 Å². The molecule has 2 N–H and O–H groups in total. The fourth-order valence-corrected chi connectivity index (χ4v) is 4.39. The molecule has 3 aliphatic rings. The largest absolute Gasteiger partial charge is 0.431 e. The summed E-state index contributed by atoms with van der Waals surface area (Å²) in [4.78, 5) is 17.4. The Bertz CT molecular complexity index is 1010. The van der Waals surface area contributed by atoms with E-state index in [0.717, 1.165) is 26.2 Å². The topological polar surface area (TPSA) is 89.6 Å². The van der Waals surface area contributed by atoms with E-state index in [4.69, 9.17) is 10.5 Å². The molecule has 0 bridgehead atoms. The molecule has 1 aliphatic carbocycles. The van der Waals surface area contributed by atoms with Gasteiger partial charge in [-0.2, -0.15) is 8.78 Å². The van der Waals surface area contributed by atoms with Crippen molar-refractivity contribution in [1.82, 2.24) is 19.9 Å². The predicted molar refractivity (Wildman–Crippen MR) is 112 cm³/mol. The lowest BCUT2D eigenvalue weighted by molar-refractivity contribution is -0.0885. The minimum absolute atomic E-state index is 0.178. The van der Waals surface area contributed by atoms with Crippen molar-refractivity contribution >= 4 is 11.6 Å². The van der Waals surface area contributed by atoms with Crippen LogP contribution in [-0.2, 0) is 4.74 Å². The zero-order valence-corrected chi connectivity index (χ0v) is 17.8. The molecule has 4 heterocycles. The number of nitrogens with two attached hydrogens (primary N) is 1. The van der Waals surface area contributed by atoms with E-state index in [1.807, 2.05) is 0 Å². The third kappa shape index (κ3) is 4.67. The highest BCUT2D eigenvalue weighted by Gasteiger charge is 2.47. The first kappa shape index (κ1) is 22.1. The van der Waals surface area contributed by atoms with Crippen molar-refractivity contribution < 1.29 is 27.0 Å². The second kappa shape index (κ2) is 8.56. The molecule has 0 atom stereocenters. The standard InChI is InChI=1S/C21H24F4N6O2/c22-20(23)33-16-5-12(9-27-18(16)26)15-6-17(29-19(28-15)13-7-21(24,25)8-13)31-10-14(11-31)30-1-3-32-4-2-30/h5-6,9,13-14,20H,1-4,7-8,10-11H2,(H2,26,27). The highest BCUT2D eigenvalue weighted by Crippen LogP contribution is 2.48. The maximum Gasteiger partial charge on any atom is 0.387 e. The second-order valence-corrected chi connectivity index (χ2v) is 8.62. The van der Waals surface area contributed by atoms with Gasteiger partial charge in [0.15, 0.2) is 11.6 Å². The van der Waals surface area contributed by atoms with Gasteiger partial charge < -0.3 is 20.1 Å². The van der Waals surface area contributed by atoms with Crippen LogP contribution in [0.5, 0.6) is 5.75 Å². The molecule has 12 heteroatoms. The lowest BCUT2D eigenvalue weighted by Crippen LogP contribution is -2.61. The van der Waals surface area contributed by atoms with E-state index in [0.29, 0.717) is 42.2 Å². The van der Waals surface area contributed by atoms with Crippen LogP contribution in [0.1, 0.15) is 24.6 Å². The average molecular weight is 468 g/mol. The van der Waals surface area contributed by atoms with Crippen LogP contribution in [0.3, 0.4) is 0 Å². The Morgan fingerprint density at radius 3 is 2.52 bits per heavy atom. The Hall–Kier alpha value is -2.73. The normalized spacial score (nSPS) is 21.7. The summed E-state index contributed by atoms with van der Waals surface area (Å²) < 4.78 is 62.3. The smallest absolute Gasteiger partial charge is 0.387 e. The van der Waals surface area contributed by atoms with Crippen molar-refractivity contribution in [3.05, 3.63) is 24.2 Å². The van der Waals surface area contributed by atoms with Gasteiger partial charge in [0.05, 0.1) is 18.9 Å². The summed E-state index contributed by atoms with van der Waals surface area (Å²) in [5, 5.41) is 0. The Labute approximate surface area is 187 Å². The molecule has 178 valence electrons. The molecule has 1 saturated carbocycles. The SMILES string of the molecule is Nc1ncc(-c2cc(N3CC(N4CCOCC4)C3)nc(C3CC(F)(F)C3)n2)cc1OC(F)F. The number of nitrogens with zero attached hydrogens (tertiary/aromatic N) is 5. The summed E-state index contributed by atoms with van der Waals surface area (Å²) >= 11 is 0. The van der Waals surface area contributed by atoms with Gasteiger partial charge in [0.2, 0.25) is 5.92 Å². The van der Waals surface area contributed by atoms with Gasteiger partial charge in [-0.15, -0.1) is 0 Å². The number of aromatic nitrogens is 3. The lowest BCUT2D eigenvalue weighted by atomic mass is 9.80. The van der Waals surface area contributed by atoms with Gasteiger partial charge in [-0.05, 0) is 6.07 Å². The molecular weight excluding hydrogens is 444 g/mol. The van der Waals surface area contributed by atoms with Crippen LogP contribution in [-0.4, -0.2) is 77.8 Å². The quantitative estimate of drug-likeness (QED) is 0.648. The van der Waals surface area contributed by atoms with E-state index in [9.17, 15) is 17.6 Å². The van der Waals surface area contributed by atoms with Gasteiger partial charge in [-0.3, -0.25) is 4.90 Å². The summed E-state index contributed by atoms with van der Waals surface area (Å²) in [6.07, 6.45) is 0.767. The van der Waals surface area contributed by atoms with Crippen LogP contribution in [0.15, 0.2) is 18.3 Å². The van der Waals surface area contributed by atoms with Crippen molar-refractivity contribution in [1.29, 1.82) is 0 Å². The maximum atomic E-state index is 13.5. The summed E-state index contributed by atoms with van der Waals surface area (Å²) in [6.45, 7) is 1.60. The predicted octanol–water partition coefficient (Wildman–Crippen LogP) is 2.76. The molecule has 3 fully saturated rings. The molecule has 0 amide bonds. The van der Waals surface area contributed by atoms with E-state index in [1.165, 1.54) is 12.3 Å². The minimum Gasteiger partial charge on any atom is -0.431 e. The van der Waals surface area contributed by atoms with Gasteiger partial charge in [0.1, 0.15) is 11.6 Å². The van der Waals surface area contributed by atoms with Crippen LogP contribution < -0.4 is 15.4 Å². The fourth-order valence-electron chi connectivity index (χ4n) is 4.39. The molecule has 0 radical (unpaired) electrons. The molecule has 2 saturated heterocycles. The number of halogens is 4. The number of hydrogen-bond donors (Lipinski definition) is 1. The first-order valence-electron chi connectivity index (χ1n) is 10.8. The molecule has 0 unspecified atom stereocenters. The van der Waals surface area contributed by atoms with Crippen LogP contribution in [0.4, 0.5) is 29.2 Å². The number of rotatable bonds is 6. The Kier molecular flexibility index (Phi) is 5.73. The van der Waals surface area contributed by atoms with Crippen molar-refractivity contribution in [3.63, 3.8) is 0 Å². The third-order valence-electron chi connectivity index (χ3n) is 6.33. The Morgan fingerprint density at radius 2 is 1.85 bits per heavy atom. The molecule has 33 heavy (non-hydrogen) atoms. The Morgan fingerprint density at radius 1 is 1.12 bits per heavy atom. The van der Waals surface area contributed by atoms with Crippen LogP contribution in [0, 0.1) is 0 Å². The second-order valence-electron chi connectivity index (χ2n) is 8.62. The molecule has 5 rings (SSSR count). The van der Waals surface area contributed by atoms with Crippen LogP contribution in [0.25, 0.3) is 11.3 Å². The van der Waals surface area contributed by atoms with Crippen LogP contribution in [0.2, 0.25) is 0 Å². The van der Waals surface area contributed by atoms with Gasteiger partial charge in [-0.1, -0.05) is 0 Å². The van der Waals surface area contributed by atoms with Gasteiger partial charge in [0.25, 0.3) is 0 Å². The van der Waals surface area contributed by atoms with Crippen LogP contribution >= 0.6 is 0 Å². The number of pyridine rings is 1. The lowest BCUT2D eigenvalue weighted by Gasteiger charge is -2.47. The average Bonchev–Trinajstić information content (AvgIpc) is 2.73. The highest BCUT2D eigenvalue weighted by atomic mass is 19.3. The van der Waals surface area contributed by atoms with Crippen molar-refractivity contribution in [2.75, 3.05) is 50.0 Å². The van der Waals surface area contributed by atoms with E-state index in [-0.39, 0.29) is 24.4 Å². The van der Waals surface area contributed by atoms with E-state index >= 15 is 0 Å². The first-order valence-corrected chi connectivity index (χ1v) is 10.8. The molecule has 2 aromatic rings. The van der Waals surface area contributed by atoms with E-state index in [1.54, 1.807) is 6.07 Å². The Balaban J connectivity index is 1.42. The molecule has 8 nitrogen and oxygen atoms in total. The summed E-state index contributed by atoms with van der Waals surface area (Å²) in [7, 11) is 0. The summed E-state index contributed by atoms with van der Waals surface area (Å²) in [5.74, 6) is -2.70.